The molecule has 1 aromatic carbocycles. The second-order valence-corrected chi connectivity index (χ2v) is 7.89. The van der Waals surface area contributed by atoms with Crippen LogP contribution in [0.2, 0.25) is 0 Å². The van der Waals surface area contributed by atoms with Gasteiger partial charge in [0.2, 0.25) is 0 Å². The molecule has 4 rings (SSSR count). The molecule has 0 unspecified atom stereocenters. The van der Waals surface area contributed by atoms with Crippen LogP contribution >= 0.6 is 12.4 Å². The largest absolute Gasteiger partial charge is 0.492 e. The van der Waals surface area contributed by atoms with Crippen LogP contribution in [0.15, 0.2) is 0 Å². The standard InChI is InChI=1S/C21H31NO2.ClH/c1-14-15(2)21-19(17-8-7-9-18(17)24-21)16(3)20(14)23-13-12-22-10-5-4-6-11-22;/h17-18H,4-13H2,1-3H3;1H/t17-,18+;/m1./s1. The lowest BCUT2D eigenvalue weighted by Crippen LogP contribution is -2.33. The third-order valence-electron chi connectivity index (χ3n) is 6.43. The number of rotatable bonds is 4. The first-order valence-corrected chi connectivity index (χ1v) is 9.82. The van der Waals surface area contributed by atoms with Crippen molar-refractivity contribution in [1.82, 2.24) is 4.90 Å². The fourth-order valence-corrected chi connectivity index (χ4v) is 4.94. The number of hydrogen-bond donors (Lipinski definition) is 0. The van der Waals surface area contributed by atoms with Crippen LogP contribution in [-0.4, -0.2) is 37.2 Å². The van der Waals surface area contributed by atoms with Gasteiger partial charge in [-0.05, 0) is 82.7 Å². The molecule has 0 aromatic heterocycles. The van der Waals surface area contributed by atoms with Crippen molar-refractivity contribution in [3.05, 3.63) is 22.3 Å². The minimum absolute atomic E-state index is 0. The summed E-state index contributed by atoms with van der Waals surface area (Å²) in [6, 6.07) is 0. The van der Waals surface area contributed by atoms with Crippen LogP contribution in [0.3, 0.4) is 0 Å². The number of fused-ring (bicyclic) bond motifs is 3. The second kappa shape index (κ2) is 7.75. The monoisotopic (exact) mass is 365 g/mol. The number of nitrogens with zero attached hydrogens (tertiary/aromatic N) is 1. The predicted molar refractivity (Wildman–Crippen MR) is 105 cm³/mol. The van der Waals surface area contributed by atoms with Crippen LogP contribution in [0.25, 0.3) is 0 Å². The van der Waals surface area contributed by atoms with E-state index in [0.717, 1.165) is 18.9 Å². The summed E-state index contributed by atoms with van der Waals surface area (Å²) in [6.07, 6.45) is 8.28. The van der Waals surface area contributed by atoms with Crippen molar-refractivity contribution in [2.45, 2.75) is 71.3 Å². The molecule has 0 radical (unpaired) electrons. The topological polar surface area (TPSA) is 21.7 Å². The molecule has 2 aliphatic heterocycles. The Morgan fingerprint density at radius 1 is 0.960 bits per heavy atom. The van der Waals surface area contributed by atoms with E-state index in [0.29, 0.717) is 12.0 Å². The Kier molecular flexibility index (Phi) is 5.85. The fraction of sp³-hybridized carbons (Fsp3) is 0.714. The van der Waals surface area contributed by atoms with Crippen LogP contribution in [-0.2, 0) is 0 Å². The molecule has 3 nitrogen and oxygen atoms in total. The SMILES string of the molecule is Cc1c(C)c2c(c(C)c1OCCN1CCCCC1)[C@@H]1CCC[C@@H]1O2.Cl. The van der Waals surface area contributed by atoms with Crippen LogP contribution in [0.4, 0.5) is 0 Å². The summed E-state index contributed by atoms with van der Waals surface area (Å²) < 4.78 is 12.6. The van der Waals surface area contributed by atoms with Crippen molar-refractivity contribution in [3.63, 3.8) is 0 Å². The molecule has 25 heavy (non-hydrogen) atoms. The zero-order chi connectivity index (χ0) is 16.7. The van der Waals surface area contributed by atoms with E-state index in [9.17, 15) is 0 Å². The van der Waals surface area contributed by atoms with Crippen molar-refractivity contribution >= 4 is 12.4 Å². The molecule has 0 spiro atoms. The van der Waals surface area contributed by atoms with Gasteiger partial charge in [-0.25, -0.2) is 0 Å². The average molecular weight is 366 g/mol. The molecule has 0 N–H and O–H groups in total. The summed E-state index contributed by atoms with van der Waals surface area (Å²) in [5.74, 6) is 2.89. The van der Waals surface area contributed by atoms with Crippen molar-refractivity contribution in [3.8, 4) is 11.5 Å². The van der Waals surface area contributed by atoms with Gasteiger partial charge in [0.1, 0.15) is 24.2 Å². The highest BCUT2D eigenvalue weighted by atomic mass is 35.5. The maximum Gasteiger partial charge on any atom is 0.127 e. The molecule has 2 heterocycles. The molecule has 1 aliphatic carbocycles. The summed E-state index contributed by atoms with van der Waals surface area (Å²) >= 11 is 0. The highest BCUT2D eigenvalue weighted by Crippen LogP contribution is 2.52. The zero-order valence-electron chi connectivity index (χ0n) is 15.9. The Balaban J connectivity index is 0.00000182. The molecule has 0 bridgehead atoms. The number of hydrogen-bond acceptors (Lipinski definition) is 3. The Bertz CT molecular complexity index is 625. The Morgan fingerprint density at radius 3 is 2.48 bits per heavy atom. The van der Waals surface area contributed by atoms with Crippen LogP contribution < -0.4 is 9.47 Å². The van der Waals surface area contributed by atoms with Gasteiger partial charge < -0.3 is 9.47 Å². The molecular weight excluding hydrogens is 334 g/mol. The first kappa shape index (κ1) is 18.8. The lowest BCUT2D eigenvalue weighted by Gasteiger charge is -2.27. The van der Waals surface area contributed by atoms with Gasteiger partial charge in [0, 0.05) is 18.0 Å². The van der Waals surface area contributed by atoms with E-state index in [1.165, 1.54) is 79.6 Å². The number of halogens is 1. The second-order valence-electron chi connectivity index (χ2n) is 7.89. The van der Waals surface area contributed by atoms with Gasteiger partial charge in [-0.3, -0.25) is 4.90 Å². The minimum atomic E-state index is 0. The number of piperidine rings is 1. The molecule has 0 amide bonds. The average Bonchev–Trinajstić information content (AvgIpc) is 3.18. The minimum Gasteiger partial charge on any atom is -0.492 e. The number of likely N-dealkylation sites (tertiary alicyclic amines) is 1. The maximum absolute atomic E-state index is 6.33. The summed E-state index contributed by atoms with van der Waals surface area (Å²) in [7, 11) is 0. The third-order valence-corrected chi connectivity index (χ3v) is 6.43. The maximum atomic E-state index is 6.33. The van der Waals surface area contributed by atoms with Crippen molar-refractivity contribution < 1.29 is 9.47 Å². The third kappa shape index (κ3) is 3.38. The predicted octanol–water partition coefficient (Wildman–Crippen LogP) is 4.93. The quantitative estimate of drug-likeness (QED) is 0.755. The lowest BCUT2D eigenvalue weighted by molar-refractivity contribution is 0.182. The van der Waals surface area contributed by atoms with Gasteiger partial charge in [0.15, 0.2) is 0 Å². The molecule has 3 aliphatic rings. The fourth-order valence-electron chi connectivity index (χ4n) is 4.94. The highest BCUT2D eigenvalue weighted by molar-refractivity contribution is 5.85. The van der Waals surface area contributed by atoms with E-state index in [1.807, 2.05) is 0 Å². The molecule has 1 aromatic rings. The normalized spacial score (nSPS) is 25.1. The van der Waals surface area contributed by atoms with Crippen LogP contribution in [0.5, 0.6) is 11.5 Å². The van der Waals surface area contributed by atoms with Gasteiger partial charge in [0.25, 0.3) is 0 Å². The van der Waals surface area contributed by atoms with E-state index in [-0.39, 0.29) is 12.4 Å². The molecule has 4 heteroatoms. The van der Waals surface area contributed by atoms with Gasteiger partial charge in [0.05, 0.1) is 0 Å². The highest BCUT2D eigenvalue weighted by Gasteiger charge is 2.41. The van der Waals surface area contributed by atoms with Gasteiger partial charge in [-0.2, -0.15) is 0 Å². The van der Waals surface area contributed by atoms with E-state index >= 15 is 0 Å². The Hall–Kier alpha value is -0.930. The summed E-state index contributed by atoms with van der Waals surface area (Å²) in [4.78, 5) is 2.55. The van der Waals surface area contributed by atoms with Gasteiger partial charge in [-0.15, -0.1) is 12.4 Å². The lowest BCUT2D eigenvalue weighted by atomic mass is 9.89. The van der Waals surface area contributed by atoms with Crippen molar-refractivity contribution in [2.24, 2.45) is 0 Å². The van der Waals surface area contributed by atoms with E-state index in [4.69, 9.17) is 9.47 Å². The van der Waals surface area contributed by atoms with Crippen molar-refractivity contribution in [1.29, 1.82) is 0 Å². The van der Waals surface area contributed by atoms with Gasteiger partial charge >= 0.3 is 0 Å². The van der Waals surface area contributed by atoms with Gasteiger partial charge in [-0.1, -0.05) is 6.42 Å². The van der Waals surface area contributed by atoms with E-state index in [2.05, 4.69) is 25.7 Å². The molecule has 2 atom stereocenters. The Labute approximate surface area is 158 Å². The van der Waals surface area contributed by atoms with E-state index in [1.54, 1.807) is 0 Å². The summed E-state index contributed by atoms with van der Waals surface area (Å²) in [5.41, 5.74) is 5.34. The number of benzene rings is 1. The van der Waals surface area contributed by atoms with Crippen molar-refractivity contribution in [2.75, 3.05) is 26.2 Å². The molecule has 140 valence electrons. The van der Waals surface area contributed by atoms with Crippen LogP contribution in [0, 0.1) is 20.8 Å². The number of ether oxygens (including phenoxy) is 2. The van der Waals surface area contributed by atoms with E-state index < -0.39 is 0 Å². The van der Waals surface area contributed by atoms with Crippen LogP contribution in [0.1, 0.15) is 66.7 Å². The zero-order valence-corrected chi connectivity index (χ0v) is 16.7. The smallest absolute Gasteiger partial charge is 0.127 e. The first-order valence-electron chi connectivity index (χ1n) is 9.82. The summed E-state index contributed by atoms with van der Waals surface area (Å²) in [5, 5.41) is 0. The summed E-state index contributed by atoms with van der Waals surface area (Å²) in [6.45, 7) is 11.0. The molecule has 1 saturated heterocycles. The molecule has 1 saturated carbocycles. The first-order chi connectivity index (χ1) is 11.7. The molecular formula is C21H32ClNO2. The molecule has 2 fully saturated rings. The Morgan fingerprint density at radius 2 is 1.72 bits per heavy atom.